The van der Waals surface area contributed by atoms with E-state index in [1.807, 2.05) is 48.5 Å². The second kappa shape index (κ2) is 9.12. The van der Waals surface area contributed by atoms with Gasteiger partial charge in [-0.3, -0.25) is 4.79 Å². The number of hydrogen-bond donors (Lipinski definition) is 1. The Labute approximate surface area is 159 Å². The summed E-state index contributed by atoms with van der Waals surface area (Å²) in [6.45, 7) is 4.97. The molecule has 0 radical (unpaired) electrons. The summed E-state index contributed by atoms with van der Waals surface area (Å²) in [5.74, 6) is 1.76. The minimum atomic E-state index is -0.00366. The van der Waals surface area contributed by atoms with E-state index in [-0.39, 0.29) is 5.91 Å². The van der Waals surface area contributed by atoms with Crippen LogP contribution in [0.1, 0.15) is 37.6 Å². The molecule has 0 fully saturated rings. The molecule has 27 heavy (non-hydrogen) atoms. The van der Waals surface area contributed by atoms with Gasteiger partial charge >= 0.3 is 0 Å². The maximum atomic E-state index is 12.3. The zero-order chi connectivity index (χ0) is 19.1. The minimum Gasteiger partial charge on any atom is -0.355 e. The van der Waals surface area contributed by atoms with Crippen molar-refractivity contribution in [2.75, 3.05) is 6.54 Å². The molecule has 3 aromatic rings. The Hall–Kier alpha value is -2.95. The van der Waals surface area contributed by atoms with Gasteiger partial charge in [0, 0.05) is 30.9 Å². The van der Waals surface area contributed by atoms with Crippen LogP contribution < -0.4 is 5.32 Å². The average Bonchev–Trinajstić information content (AvgIpc) is 3.17. The highest BCUT2D eigenvalue weighted by atomic mass is 16.5. The molecule has 0 aliphatic rings. The number of rotatable bonds is 8. The molecule has 0 spiro atoms. The Bertz CT molecular complexity index is 844. The molecule has 2 aromatic carbocycles. The first kappa shape index (κ1) is 18.8. The fourth-order valence-corrected chi connectivity index (χ4v) is 3.03. The van der Waals surface area contributed by atoms with E-state index in [9.17, 15) is 4.79 Å². The number of aryl methyl sites for hydroxylation is 1. The number of benzene rings is 2. The Morgan fingerprint density at radius 1 is 1.04 bits per heavy atom. The lowest BCUT2D eigenvalue weighted by molar-refractivity contribution is -0.121. The van der Waals surface area contributed by atoms with Crippen molar-refractivity contribution in [2.45, 2.75) is 32.6 Å². The quantitative estimate of drug-likeness (QED) is 0.650. The van der Waals surface area contributed by atoms with Crippen LogP contribution in [0.25, 0.3) is 11.4 Å². The second-order valence-electron chi connectivity index (χ2n) is 6.94. The van der Waals surface area contributed by atoms with Crippen molar-refractivity contribution in [1.29, 1.82) is 0 Å². The molecule has 140 valence electrons. The first-order chi connectivity index (χ1) is 13.1. The minimum absolute atomic E-state index is 0.00366. The van der Waals surface area contributed by atoms with Crippen LogP contribution in [0.5, 0.6) is 0 Å². The number of nitrogens with zero attached hydrogens (tertiary/aromatic N) is 2. The molecule has 0 bridgehead atoms. The molecule has 1 aromatic heterocycles. The normalized spacial score (nSPS) is 12.1. The summed E-state index contributed by atoms with van der Waals surface area (Å²) in [4.78, 5) is 16.6. The molecule has 5 heteroatoms. The third-order valence-electron chi connectivity index (χ3n) is 4.62. The molecule has 1 N–H and O–H groups in total. The average molecular weight is 363 g/mol. The van der Waals surface area contributed by atoms with E-state index in [0.717, 1.165) is 5.56 Å². The Morgan fingerprint density at radius 2 is 1.70 bits per heavy atom. The molecule has 1 atom stereocenters. The van der Waals surface area contributed by atoms with Crippen molar-refractivity contribution in [3.63, 3.8) is 0 Å². The molecule has 1 amide bonds. The zero-order valence-electron chi connectivity index (χ0n) is 15.8. The van der Waals surface area contributed by atoms with Gasteiger partial charge in [0.1, 0.15) is 0 Å². The molecule has 0 aliphatic carbocycles. The highest BCUT2D eigenvalue weighted by Crippen LogP contribution is 2.23. The van der Waals surface area contributed by atoms with Gasteiger partial charge in [-0.05, 0) is 11.5 Å². The fraction of sp³-hybridized carbons (Fsp3) is 0.318. The van der Waals surface area contributed by atoms with Gasteiger partial charge in [0.2, 0.25) is 17.6 Å². The standard InChI is InChI=1S/C22H25N3O2/c1-16(2)19(17-9-5-3-6-10-17)15-23-20(26)13-14-21-24-22(25-27-21)18-11-7-4-8-12-18/h3-12,16,19H,13-15H2,1-2H3,(H,23,26). The van der Waals surface area contributed by atoms with E-state index < -0.39 is 0 Å². The zero-order valence-corrected chi connectivity index (χ0v) is 15.8. The van der Waals surface area contributed by atoms with E-state index in [4.69, 9.17) is 4.52 Å². The lowest BCUT2D eigenvalue weighted by Crippen LogP contribution is -2.30. The van der Waals surface area contributed by atoms with Crippen LogP contribution in [0.2, 0.25) is 0 Å². The van der Waals surface area contributed by atoms with Gasteiger partial charge in [0.15, 0.2) is 0 Å². The van der Waals surface area contributed by atoms with Crippen LogP contribution in [0.15, 0.2) is 65.2 Å². The molecular weight excluding hydrogens is 338 g/mol. The molecule has 0 saturated heterocycles. The fourth-order valence-electron chi connectivity index (χ4n) is 3.03. The molecule has 1 heterocycles. The summed E-state index contributed by atoms with van der Waals surface area (Å²) < 4.78 is 5.26. The SMILES string of the molecule is CC(C)C(CNC(=O)CCc1nc(-c2ccccc2)no1)c1ccccc1. The van der Waals surface area contributed by atoms with Crippen LogP contribution in [-0.4, -0.2) is 22.6 Å². The maximum absolute atomic E-state index is 12.3. The third-order valence-corrected chi connectivity index (χ3v) is 4.62. The van der Waals surface area contributed by atoms with Crippen molar-refractivity contribution >= 4 is 5.91 Å². The lowest BCUT2D eigenvalue weighted by atomic mass is 9.88. The van der Waals surface area contributed by atoms with Gasteiger partial charge in [0.05, 0.1) is 0 Å². The van der Waals surface area contributed by atoms with Gasteiger partial charge < -0.3 is 9.84 Å². The lowest BCUT2D eigenvalue weighted by Gasteiger charge is -2.21. The summed E-state index contributed by atoms with van der Waals surface area (Å²) >= 11 is 0. The number of nitrogens with one attached hydrogen (secondary N) is 1. The van der Waals surface area contributed by atoms with Crippen LogP contribution in [0.4, 0.5) is 0 Å². The Morgan fingerprint density at radius 3 is 2.37 bits per heavy atom. The number of carbonyl (C=O) groups is 1. The Balaban J connectivity index is 1.50. The molecular formula is C22H25N3O2. The van der Waals surface area contributed by atoms with Crippen molar-refractivity contribution in [1.82, 2.24) is 15.5 Å². The number of aromatic nitrogens is 2. The van der Waals surface area contributed by atoms with Gasteiger partial charge in [-0.2, -0.15) is 4.98 Å². The van der Waals surface area contributed by atoms with Crippen molar-refractivity contribution in [3.05, 3.63) is 72.1 Å². The summed E-state index contributed by atoms with van der Waals surface area (Å²) in [6.07, 6.45) is 0.763. The monoisotopic (exact) mass is 363 g/mol. The highest BCUT2D eigenvalue weighted by Gasteiger charge is 2.17. The summed E-state index contributed by atoms with van der Waals surface area (Å²) in [7, 11) is 0. The molecule has 0 saturated carbocycles. The summed E-state index contributed by atoms with van der Waals surface area (Å²) in [6, 6.07) is 19.9. The predicted octanol–water partition coefficient (Wildman–Crippen LogP) is 4.23. The van der Waals surface area contributed by atoms with Crippen LogP contribution >= 0.6 is 0 Å². The molecule has 1 unspecified atom stereocenters. The first-order valence-electron chi connectivity index (χ1n) is 9.33. The van der Waals surface area contributed by atoms with Crippen molar-refractivity contribution in [2.24, 2.45) is 5.92 Å². The van der Waals surface area contributed by atoms with Crippen LogP contribution in [0.3, 0.4) is 0 Å². The number of hydrogen-bond acceptors (Lipinski definition) is 4. The van der Waals surface area contributed by atoms with E-state index in [2.05, 4.69) is 41.4 Å². The molecule has 5 nitrogen and oxygen atoms in total. The van der Waals surface area contributed by atoms with Crippen LogP contribution in [-0.2, 0) is 11.2 Å². The van der Waals surface area contributed by atoms with Gasteiger partial charge in [-0.25, -0.2) is 0 Å². The topological polar surface area (TPSA) is 68.0 Å². The van der Waals surface area contributed by atoms with Crippen LogP contribution in [0, 0.1) is 5.92 Å². The summed E-state index contributed by atoms with van der Waals surface area (Å²) in [5, 5.41) is 7.03. The highest BCUT2D eigenvalue weighted by molar-refractivity contribution is 5.76. The predicted molar refractivity (Wildman–Crippen MR) is 105 cm³/mol. The van der Waals surface area contributed by atoms with Gasteiger partial charge in [-0.15, -0.1) is 0 Å². The second-order valence-corrected chi connectivity index (χ2v) is 6.94. The molecule has 3 rings (SSSR count). The number of carbonyl (C=O) groups excluding carboxylic acids is 1. The van der Waals surface area contributed by atoms with Gasteiger partial charge in [-0.1, -0.05) is 79.7 Å². The first-order valence-corrected chi connectivity index (χ1v) is 9.33. The maximum Gasteiger partial charge on any atom is 0.227 e. The summed E-state index contributed by atoms with van der Waals surface area (Å²) in [5.41, 5.74) is 2.15. The van der Waals surface area contributed by atoms with Gasteiger partial charge in [0.25, 0.3) is 0 Å². The third kappa shape index (κ3) is 5.26. The van der Waals surface area contributed by atoms with Crippen molar-refractivity contribution in [3.8, 4) is 11.4 Å². The van der Waals surface area contributed by atoms with E-state index >= 15 is 0 Å². The Kier molecular flexibility index (Phi) is 6.36. The van der Waals surface area contributed by atoms with E-state index in [0.29, 0.717) is 42.9 Å². The molecule has 0 aliphatic heterocycles. The van der Waals surface area contributed by atoms with E-state index in [1.54, 1.807) is 0 Å². The largest absolute Gasteiger partial charge is 0.355 e. The number of amides is 1. The van der Waals surface area contributed by atoms with E-state index in [1.165, 1.54) is 5.56 Å². The van der Waals surface area contributed by atoms with Crippen molar-refractivity contribution < 1.29 is 9.32 Å². The smallest absolute Gasteiger partial charge is 0.227 e.